The first kappa shape index (κ1) is 20.4. The molecule has 1 N–H and O–H groups in total. The second-order valence-corrected chi connectivity index (χ2v) is 10.1. The summed E-state index contributed by atoms with van der Waals surface area (Å²) in [6, 6.07) is 16.7. The summed E-state index contributed by atoms with van der Waals surface area (Å²) in [4.78, 5) is 13.6. The summed E-state index contributed by atoms with van der Waals surface area (Å²) in [6.45, 7) is 0.659. The van der Waals surface area contributed by atoms with Crippen LogP contribution in [0.1, 0.15) is 49.7 Å². The Morgan fingerprint density at radius 3 is 2.35 bits per heavy atom. The van der Waals surface area contributed by atoms with Crippen LogP contribution in [0, 0.1) is 17.3 Å². The molecule has 2 atom stereocenters. The van der Waals surface area contributed by atoms with Crippen molar-refractivity contribution in [2.75, 3.05) is 20.8 Å². The lowest BCUT2D eigenvalue weighted by atomic mass is 9.42. The van der Waals surface area contributed by atoms with Crippen molar-refractivity contribution in [3.8, 4) is 11.5 Å². The van der Waals surface area contributed by atoms with Crippen LogP contribution < -0.4 is 14.8 Å². The molecule has 6 rings (SSSR count). The van der Waals surface area contributed by atoms with Crippen molar-refractivity contribution in [1.29, 1.82) is 0 Å². The van der Waals surface area contributed by atoms with Gasteiger partial charge in [0.1, 0.15) is 11.5 Å². The van der Waals surface area contributed by atoms with E-state index in [-0.39, 0.29) is 16.7 Å². The van der Waals surface area contributed by atoms with Crippen LogP contribution in [0.3, 0.4) is 0 Å². The van der Waals surface area contributed by atoms with Crippen LogP contribution in [0.25, 0.3) is 0 Å². The summed E-state index contributed by atoms with van der Waals surface area (Å²) >= 11 is 0. The minimum Gasteiger partial charge on any atom is -0.497 e. The number of hydrogen-bond acceptors (Lipinski definition) is 3. The fourth-order valence-electron chi connectivity index (χ4n) is 7.22. The number of methoxy groups -OCH3 is 2. The number of hydrogen-bond donors (Lipinski definition) is 1. The molecule has 4 aliphatic rings. The van der Waals surface area contributed by atoms with Crippen molar-refractivity contribution in [3.05, 3.63) is 59.7 Å². The lowest BCUT2D eigenvalue weighted by Crippen LogP contribution is -2.59. The largest absolute Gasteiger partial charge is 0.497 e. The van der Waals surface area contributed by atoms with E-state index >= 15 is 0 Å². The molecule has 4 heteroatoms. The number of carbonyl (C=O) groups excluding carboxylic acids is 1. The first-order valence-corrected chi connectivity index (χ1v) is 11.6. The average Bonchev–Trinajstić information content (AvgIpc) is 2.78. The summed E-state index contributed by atoms with van der Waals surface area (Å²) in [5, 5.41) is 3.31. The van der Waals surface area contributed by atoms with Gasteiger partial charge >= 0.3 is 0 Å². The Morgan fingerprint density at radius 2 is 1.68 bits per heavy atom. The zero-order valence-corrected chi connectivity index (χ0v) is 18.7. The van der Waals surface area contributed by atoms with Gasteiger partial charge in [0.15, 0.2) is 0 Å². The van der Waals surface area contributed by atoms with Gasteiger partial charge in [0.2, 0.25) is 5.91 Å². The summed E-state index contributed by atoms with van der Waals surface area (Å²) in [6.07, 6.45) is 7.65. The number of ether oxygens (including phenoxy) is 2. The van der Waals surface area contributed by atoms with Crippen molar-refractivity contribution in [2.24, 2.45) is 17.3 Å². The standard InChI is InChI=1S/C27H33NO3/c1-30-23-9-7-22(8-10-23)26-14-19-13-20(15-26)17-27(16-19,18-26)25(29)28-12-11-21-5-3-4-6-24(21)31-2/h3-10,19-20H,11-18H2,1-2H3,(H,28,29)/t19-,20-,26?,27?/m0/s1. The first-order chi connectivity index (χ1) is 15.1. The van der Waals surface area contributed by atoms with Gasteiger partial charge in [-0.1, -0.05) is 30.3 Å². The van der Waals surface area contributed by atoms with Crippen LogP contribution in [0.2, 0.25) is 0 Å². The van der Waals surface area contributed by atoms with E-state index in [1.807, 2.05) is 18.2 Å². The van der Waals surface area contributed by atoms with Gasteiger partial charge in [-0.2, -0.15) is 0 Å². The highest BCUT2D eigenvalue weighted by Crippen LogP contribution is 2.65. The van der Waals surface area contributed by atoms with E-state index in [1.165, 1.54) is 24.8 Å². The van der Waals surface area contributed by atoms with E-state index in [1.54, 1.807) is 14.2 Å². The third-order valence-corrected chi connectivity index (χ3v) is 8.12. The van der Waals surface area contributed by atoms with E-state index in [9.17, 15) is 4.79 Å². The van der Waals surface area contributed by atoms with Gasteiger partial charge in [0, 0.05) is 6.54 Å². The van der Waals surface area contributed by atoms with Gasteiger partial charge in [-0.15, -0.1) is 0 Å². The van der Waals surface area contributed by atoms with Crippen LogP contribution in [-0.4, -0.2) is 26.7 Å². The SMILES string of the molecule is COc1ccc(C23C[C@@H]4C[C@H](CC(C(=O)NCCc5ccccc5OC)(C4)C2)C3)cc1. The van der Waals surface area contributed by atoms with E-state index < -0.39 is 0 Å². The second kappa shape index (κ2) is 7.89. The maximum atomic E-state index is 13.6. The van der Waals surface area contributed by atoms with Gasteiger partial charge < -0.3 is 14.8 Å². The number of rotatable bonds is 7. The quantitative estimate of drug-likeness (QED) is 0.694. The molecule has 0 aromatic heterocycles. The molecule has 1 amide bonds. The maximum absolute atomic E-state index is 13.6. The second-order valence-electron chi connectivity index (χ2n) is 10.1. The Hall–Kier alpha value is -2.49. The van der Waals surface area contributed by atoms with Gasteiger partial charge in [-0.25, -0.2) is 0 Å². The smallest absolute Gasteiger partial charge is 0.226 e. The molecule has 164 valence electrons. The molecular formula is C27H33NO3. The Morgan fingerprint density at radius 1 is 0.968 bits per heavy atom. The molecule has 0 radical (unpaired) electrons. The molecular weight excluding hydrogens is 386 g/mol. The van der Waals surface area contributed by atoms with Crippen molar-refractivity contribution in [3.63, 3.8) is 0 Å². The van der Waals surface area contributed by atoms with Crippen LogP contribution >= 0.6 is 0 Å². The minimum atomic E-state index is -0.204. The van der Waals surface area contributed by atoms with Gasteiger partial charge in [-0.3, -0.25) is 4.79 Å². The van der Waals surface area contributed by atoms with Crippen LogP contribution in [0.4, 0.5) is 0 Å². The molecule has 0 aliphatic heterocycles. The molecule has 4 aliphatic carbocycles. The fraction of sp³-hybridized carbons (Fsp3) is 0.519. The zero-order valence-electron chi connectivity index (χ0n) is 18.7. The Labute approximate surface area is 185 Å². The number of carbonyl (C=O) groups is 1. The molecule has 0 spiro atoms. The Balaban J connectivity index is 1.32. The molecule has 4 fully saturated rings. The lowest BCUT2D eigenvalue weighted by molar-refractivity contribution is -0.149. The summed E-state index contributed by atoms with van der Waals surface area (Å²) in [5.74, 6) is 3.41. The molecule has 4 saturated carbocycles. The molecule has 2 aromatic rings. The molecule has 0 saturated heterocycles. The third-order valence-electron chi connectivity index (χ3n) is 8.12. The number of para-hydroxylation sites is 1. The highest BCUT2D eigenvalue weighted by molar-refractivity contribution is 5.83. The number of benzene rings is 2. The van der Waals surface area contributed by atoms with E-state index in [2.05, 4.69) is 35.6 Å². The zero-order chi connectivity index (χ0) is 21.5. The molecule has 4 nitrogen and oxygen atoms in total. The van der Waals surface area contributed by atoms with E-state index in [0.717, 1.165) is 42.7 Å². The van der Waals surface area contributed by atoms with Crippen LogP contribution in [0.5, 0.6) is 11.5 Å². The van der Waals surface area contributed by atoms with Gasteiger partial charge in [0.05, 0.1) is 19.6 Å². The predicted octanol–water partition coefficient (Wildman–Crippen LogP) is 4.90. The number of nitrogens with one attached hydrogen (secondary N) is 1. The van der Waals surface area contributed by atoms with Gasteiger partial charge in [0.25, 0.3) is 0 Å². The van der Waals surface area contributed by atoms with E-state index in [0.29, 0.717) is 18.4 Å². The summed E-state index contributed by atoms with van der Waals surface area (Å²) in [5.41, 5.74) is 2.49. The van der Waals surface area contributed by atoms with Crippen molar-refractivity contribution in [1.82, 2.24) is 5.32 Å². The van der Waals surface area contributed by atoms with Crippen LogP contribution in [-0.2, 0) is 16.6 Å². The van der Waals surface area contributed by atoms with Crippen molar-refractivity contribution >= 4 is 5.91 Å². The van der Waals surface area contributed by atoms with Crippen molar-refractivity contribution in [2.45, 2.75) is 50.4 Å². The highest BCUT2D eigenvalue weighted by atomic mass is 16.5. The highest BCUT2D eigenvalue weighted by Gasteiger charge is 2.60. The molecule has 0 heterocycles. The van der Waals surface area contributed by atoms with Crippen molar-refractivity contribution < 1.29 is 14.3 Å². The lowest BCUT2D eigenvalue weighted by Gasteiger charge is -2.61. The molecule has 2 aromatic carbocycles. The molecule has 0 unspecified atom stereocenters. The van der Waals surface area contributed by atoms with Crippen LogP contribution in [0.15, 0.2) is 48.5 Å². The third kappa shape index (κ3) is 3.60. The number of amides is 1. The van der Waals surface area contributed by atoms with Gasteiger partial charge in [-0.05, 0) is 91.5 Å². The minimum absolute atomic E-state index is 0.149. The topological polar surface area (TPSA) is 47.6 Å². The average molecular weight is 420 g/mol. The molecule has 4 bridgehead atoms. The summed E-state index contributed by atoms with van der Waals surface area (Å²) in [7, 11) is 3.41. The monoisotopic (exact) mass is 419 g/mol. The normalized spacial score (nSPS) is 30.8. The maximum Gasteiger partial charge on any atom is 0.226 e. The fourth-order valence-corrected chi connectivity index (χ4v) is 7.22. The summed E-state index contributed by atoms with van der Waals surface area (Å²) < 4.78 is 10.8. The first-order valence-electron chi connectivity index (χ1n) is 11.6. The predicted molar refractivity (Wildman–Crippen MR) is 121 cm³/mol. The Bertz CT molecular complexity index is 937. The molecule has 31 heavy (non-hydrogen) atoms. The van der Waals surface area contributed by atoms with E-state index in [4.69, 9.17) is 9.47 Å². The Kier molecular flexibility index (Phi) is 5.19.